The van der Waals surface area contributed by atoms with Gasteiger partial charge < -0.3 is 4.74 Å². The minimum atomic E-state index is -0.0755. The number of nitrogens with zero attached hydrogens (tertiary/aromatic N) is 4. The highest BCUT2D eigenvalue weighted by molar-refractivity contribution is 6.13. The van der Waals surface area contributed by atoms with Gasteiger partial charge in [-0.2, -0.15) is 21.0 Å². The topological polar surface area (TPSA) is 104 Å². The Bertz CT molecular complexity index is 983. The molecule has 0 N–H and O–H groups in total. The zero-order valence-corrected chi connectivity index (χ0v) is 12.8. The van der Waals surface area contributed by atoms with E-state index in [1.165, 1.54) is 12.5 Å². The number of allylic oxidation sites excluding steroid dienone is 8. The van der Waals surface area contributed by atoms with Gasteiger partial charge in [0.25, 0.3) is 0 Å². The summed E-state index contributed by atoms with van der Waals surface area (Å²) in [4.78, 5) is 0. The molecule has 1 aliphatic heterocycles. The van der Waals surface area contributed by atoms with Gasteiger partial charge in [0.2, 0.25) is 0 Å². The summed E-state index contributed by atoms with van der Waals surface area (Å²) >= 11 is 0. The van der Waals surface area contributed by atoms with Crippen LogP contribution in [-0.2, 0) is 4.74 Å². The van der Waals surface area contributed by atoms with Crippen molar-refractivity contribution in [3.05, 3.63) is 82.4 Å². The van der Waals surface area contributed by atoms with Crippen molar-refractivity contribution in [1.29, 1.82) is 21.0 Å². The summed E-state index contributed by atoms with van der Waals surface area (Å²) in [7, 11) is 0. The molecule has 5 heteroatoms. The first-order chi connectivity index (χ1) is 12.3. The normalized spacial score (nSPS) is 13.9. The number of nitriles is 4. The lowest BCUT2D eigenvalue weighted by Gasteiger charge is -2.10. The van der Waals surface area contributed by atoms with E-state index in [9.17, 15) is 21.0 Å². The summed E-state index contributed by atoms with van der Waals surface area (Å²) in [6.07, 6.45) is 6.24. The van der Waals surface area contributed by atoms with Crippen molar-refractivity contribution < 1.29 is 4.74 Å². The summed E-state index contributed by atoms with van der Waals surface area (Å²) in [5.41, 5.74) is 3.15. The van der Waals surface area contributed by atoms with E-state index in [4.69, 9.17) is 4.74 Å². The second-order valence-electron chi connectivity index (χ2n) is 5.06. The number of hydrogen-bond donors (Lipinski definition) is 0. The second-order valence-corrected chi connectivity index (χ2v) is 5.06. The molecule has 1 heterocycles. The quantitative estimate of drug-likeness (QED) is 0.678. The zero-order chi connectivity index (χ0) is 17.8. The minimum Gasteiger partial charge on any atom is -0.473 e. The Morgan fingerprint density at radius 2 is 1.16 bits per heavy atom. The number of rotatable bonds is 0. The van der Waals surface area contributed by atoms with E-state index in [-0.39, 0.29) is 11.1 Å². The number of fused-ring (bicyclic) bond motifs is 1. The van der Waals surface area contributed by atoms with E-state index in [2.05, 4.69) is 0 Å². The van der Waals surface area contributed by atoms with Gasteiger partial charge in [-0.3, -0.25) is 0 Å². The van der Waals surface area contributed by atoms with Crippen molar-refractivity contribution >= 4 is 11.1 Å². The molecule has 25 heavy (non-hydrogen) atoms. The molecule has 2 aliphatic rings. The molecule has 0 atom stereocenters. The van der Waals surface area contributed by atoms with E-state index < -0.39 is 0 Å². The van der Waals surface area contributed by atoms with E-state index in [1.54, 1.807) is 36.4 Å². The molecule has 0 unspecified atom stereocenters. The molecule has 1 aromatic rings. The van der Waals surface area contributed by atoms with Gasteiger partial charge in [-0.15, -0.1) is 0 Å². The standard InChI is InChI=1S/C20H8N4O/c21-9-14(10-22)18-16-3-1-2-4-17(16)19(15(11-23)12-24)20(18)13-5-7-25-8-6-13/h1-8H. The molecule has 5 nitrogen and oxygen atoms in total. The lowest BCUT2D eigenvalue weighted by atomic mass is 9.91. The number of ether oxygens (including phenoxy) is 1. The Morgan fingerprint density at radius 1 is 0.720 bits per heavy atom. The molecular weight excluding hydrogens is 312 g/mol. The lowest BCUT2D eigenvalue weighted by Crippen LogP contribution is -1.95. The van der Waals surface area contributed by atoms with Crippen LogP contribution in [0, 0.1) is 45.3 Å². The summed E-state index contributed by atoms with van der Waals surface area (Å²) in [6.45, 7) is 0. The molecular formula is C20H8N4O. The van der Waals surface area contributed by atoms with E-state index >= 15 is 0 Å². The predicted molar refractivity (Wildman–Crippen MR) is 89.1 cm³/mol. The van der Waals surface area contributed by atoms with Gasteiger partial charge in [0.1, 0.15) is 35.4 Å². The van der Waals surface area contributed by atoms with Crippen LogP contribution in [0.25, 0.3) is 11.1 Å². The van der Waals surface area contributed by atoms with Crippen LogP contribution in [0.5, 0.6) is 0 Å². The third-order valence-electron chi connectivity index (χ3n) is 3.85. The number of benzene rings is 1. The Morgan fingerprint density at radius 3 is 1.56 bits per heavy atom. The maximum absolute atomic E-state index is 9.41. The summed E-state index contributed by atoms with van der Waals surface area (Å²) in [5, 5.41) is 37.6. The lowest BCUT2D eigenvalue weighted by molar-refractivity contribution is 0.398. The molecule has 1 aliphatic carbocycles. The Hall–Kier alpha value is -4.32. The molecule has 0 amide bonds. The van der Waals surface area contributed by atoms with Crippen LogP contribution in [0.15, 0.2) is 71.2 Å². The monoisotopic (exact) mass is 320 g/mol. The molecule has 0 fully saturated rings. The first-order valence-electron chi connectivity index (χ1n) is 7.19. The van der Waals surface area contributed by atoms with Crippen molar-refractivity contribution in [3.8, 4) is 24.3 Å². The first-order valence-corrected chi connectivity index (χ1v) is 7.19. The fourth-order valence-electron chi connectivity index (χ4n) is 2.89. The summed E-state index contributed by atoms with van der Waals surface area (Å²) in [5.74, 6) is 0. The maximum atomic E-state index is 9.41. The molecule has 0 saturated carbocycles. The van der Waals surface area contributed by atoms with Crippen molar-refractivity contribution in [2.24, 2.45) is 0 Å². The van der Waals surface area contributed by atoms with E-state index in [0.717, 1.165) is 0 Å². The molecule has 0 spiro atoms. The van der Waals surface area contributed by atoms with Gasteiger partial charge >= 0.3 is 0 Å². The molecule has 0 radical (unpaired) electrons. The Kier molecular flexibility index (Phi) is 4.00. The molecule has 0 bridgehead atoms. The molecule has 114 valence electrons. The van der Waals surface area contributed by atoms with Crippen LogP contribution >= 0.6 is 0 Å². The van der Waals surface area contributed by atoms with Crippen LogP contribution in [0.1, 0.15) is 11.1 Å². The number of hydrogen-bond acceptors (Lipinski definition) is 5. The average Bonchev–Trinajstić information content (AvgIpc) is 3.00. The largest absolute Gasteiger partial charge is 0.473 e. The minimum absolute atomic E-state index is 0.0755. The van der Waals surface area contributed by atoms with Crippen LogP contribution in [0.4, 0.5) is 0 Å². The maximum Gasteiger partial charge on any atom is 0.138 e. The third-order valence-corrected chi connectivity index (χ3v) is 3.85. The van der Waals surface area contributed by atoms with E-state index in [1.807, 2.05) is 24.3 Å². The highest BCUT2D eigenvalue weighted by Gasteiger charge is 2.33. The van der Waals surface area contributed by atoms with Crippen LogP contribution in [0.2, 0.25) is 0 Å². The first kappa shape index (κ1) is 15.6. The van der Waals surface area contributed by atoms with Gasteiger partial charge in [0.05, 0.1) is 12.5 Å². The van der Waals surface area contributed by atoms with Crippen molar-refractivity contribution in [1.82, 2.24) is 0 Å². The van der Waals surface area contributed by atoms with Crippen molar-refractivity contribution in [2.75, 3.05) is 0 Å². The Labute approximate surface area is 144 Å². The predicted octanol–water partition coefficient (Wildman–Crippen LogP) is 3.66. The smallest absolute Gasteiger partial charge is 0.138 e. The molecule has 0 saturated heterocycles. The van der Waals surface area contributed by atoms with Crippen molar-refractivity contribution in [3.63, 3.8) is 0 Å². The zero-order valence-electron chi connectivity index (χ0n) is 12.8. The summed E-state index contributed by atoms with van der Waals surface area (Å²) in [6, 6.07) is 14.8. The van der Waals surface area contributed by atoms with Crippen LogP contribution in [-0.4, -0.2) is 0 Å². The van der Waals surface area contributed by atoms with Gasteiger partial charge in [-0.25, -0.2) is 0 Å². The average molecular weight is 320 g/mol. The fourth-order valence-corrected chi connectivity index (χ4v) is 2.89. The highest BCUT2D eigenvalue weighted by Crippen LogP contribution is 2.49. The van der Waals surface area contributed by atoms with Crippen molar-refractivity contribution in [2.45, 2.75) is 0 Å². The molecule has 0 aromatic heterocycles. The molecule has 1 aromatic carbocycles. The highest BCUT2D eigenvalue weighted by atomic mass is 16.5. The van der Waals surface area contributed by atoms with Gasteiger partial charge in [0.15, 0.2) is 0 Å². The van der Waals surface area contributed by atoms with Crippen LogP contribution in [0.3, 0.4) is 0 Å². The fraction of sp³-hybridized carbons (Fsp3) is 0. The van der Waals surface area contributed by atoms with Gasteiger partial charge in [-0.05, 0) is 28.9 Å². The van der Waals surface area contributed by atoms with Gasteiger partial charge in [0, 0.05) is 16.7 Å². The summed E-state index contributed by atoms with van der Waals surface area (Å²) < 4.78 is 5.05. The van der Waals surface area contributed by atoms with Gasteiger partial charge in [-0.1, -0.05) is 24.3 Å². The van der Waals surface area contributed by atoms with E-state index in [0.29, 0.717) is 33.4 Å². The SMILES string of the molecule is N#CC(C#N)=C1C(=C2C=COC=C2)C(=C(C#N)C#N)c2ccccc21. The van der Waals surface area contributed by atoms with Crippen LogP contribution < -0.4 is 0 Å². The molecule has 3 rings (SSSR count). The Balaban J connectivity index is 2.56. The third kappa shape index (κ3) is 2.40. The second kappa shape index (κ2) is 6.43.